The van der Waals surface area contributed by atoms with E-state index < -0.39 is 0 Å². The molecule has 3 heteroatoms. The van der Waals surface area contributed by atoms with E-state index >= 15 is 0 Å². The molecule has 122 valence electrons. The molecule has 0 spiro atoms. The van der Waals surface area contributed by atoms with Gasteiger partial charge in [-0.05, 0) is 48.9 Å². The van der Waals surface area contributed by atoms with Crippen LogP contribution in [0.15, 0.2) is 42.5 Å². The maximum atomic E-state index is 12.4. The van der Waals surface area contributed by atoms with Crippen molar-refractivity contribution in [2.24, 2.45) is 5.92 Å². The van der Waals surface area contributed by atoms with Crippen molar-refractivity contribution in [1.29, 1.82) is 0 Å². The third-order valence-electron chi connectivity index (χ3n) is 4.54. The van der Waals surface area contributed by atoms with Gasteiger partial charge in [0.1, 0.15) is 0 Å². The summed E-state index contributed by atoms with van der Waals surface area (Å²) in [6.07, 6.45) is 3.79. The summed E-state index contributed by atoms with van der Waals surface area (Å²) in [7, 11) is 0. The monoisotopic (exact) mass is 312 g/mol. The first-order chi connectivity index (χ1) is 11.3. The molecule has 3 nitrogen and oxygen atoms in total. The molecular weight excluding hydrogens is 288 g/mol. The number of ether oxygens (including phenoxy) is 2. The van der Waals surface area contributed by atoms with E-state index in [2.05, 4.69) is 30.3 Å². The second kappa shape index (κ2) is 7.60. The molecule has 0 radical (unpaired) electrons. The van der Waals surface area contributed by atoms with Crippen molar-refractivity contribution in [3.8, 4) is 0 Å². The Bertz CT molecular complexity index is 653. The Balaban J connectivity index is 1.82. The topological polar surface area (TPSA) is 35.5 Å². The van der Waals surface area contributed by atoms with Gasteiger partial charge in [-0.15, -0.1) is 0 Å². The van der Waals surface area contributed by atoms with Crippen molar-refractivity contribution in [3.05, 3.63) is 48.0 Å². The van der Waals surface area contributed by atoms with Crippen LogP contribution in [0.3, 0.4) is 0 Å². The Morgan fingerprint density at radius 3 is 2.87 bits per heavy atom. The Morgan fingerprint density at radius 2 is 2.09 bits per heavy atom. The first-order valence-corrected chi connectivity index (χ1v) is 8.52. The maximum Gasteiger partial charge on any atom is 0.309 e. The quantitative estimate of drug-likeness (QED) is 0.752. The second-order valence-electron chi connectivity index (χ2n) is 6.16. The summed E-state index contributed by atoms with van der Waals surface area (Å²) < 4.78 is 11.0. The summed E-state index contributed by atoms with van der Waals surface area (Å²) in [5, 5.41) is 2.43. The Kier molecular flexibility index (Phi) is 5.29. The summed E-state index contributed by atoms with van der Waals surface area (Å²) in [5.74, 6) is -0.236. The number of carbonyl (C=O) groups excluding carboxylic acids is 1. The van der Waals surface area contributed by atoms with Crippen LogP contribution in [0, 0.1) is 5.92 Å². The fourth-order valence-corrected chi connectivity index (χ4v) is 3.41. The third kappa shape index (κ3) is 3.91. The van der Waals surface area contributed by atoms with Crippen LogP contribution in [0.2, 0.25) is 0 Å². The molecule has 1 aliphatic heterocycles. The van der Waals surface area contributed by atoms with Crippen LogP contribution in [0.5, 0.6) is 0 Å². The smallest absolute Gasteiger partial charge is 0.309 e. The molecule has 0 aromatic heterocycles. The van der Waals surface area contributed by atoms with Gasteiger partial charge in [0.25, 0.3) is 0 Å². The Hall–Kier alpha value is -1.87. The summed E-state index contributed by atoms with van der Waals surface area (Å²) >= 11 is 0. The van der Waals surface area contributed by atoms with Gasteiger partial charge in [0.2, 0.25) is 0 Å². The van der Waals surface area contributed by atoms with Crippen molar-refractivity contribution >= 4 is 16.7 Å². The molecular formula is C20H24O3. The number of fused-ring (bicyclic) bond motifs is 1. The molecule has 0 aliphatic carbocycles. The van der Waals surface area contributed by atoms with Gasteiger partial charge in [0.15, 0.2) is 0 Å². The van der Waals surface area contributed by atoms with Gasteiger partial charge in [-0.1, -0.05) is 42.5 Å². The van der Waals surface area contributed by atoms with Crippen LogP contribution >= 0.6 is 0 Å². The molecule has 1 heterocycles. The lowest BCUT2D eigenvalue weighted by molar-refractivity contribution is -0.149. The average Bonchev–Trinajstić information content (AvgIpc) is 3.08. The number of carbonyl (C=O) groups is 1. The van der Waals surface area contributed by atoms with Crippen LogP contribution in [-0.2, 0) is 20.7 Å². The van der Waals surface area contributed by atoms with Crippen molar-refractivity contribution < 1.29 is 14.3 Å². The van der Waals surface area contributed by atoms with Gasteiger partial charge >= 0.3 is 5.97 Å². The highest BCUT2D eigenvalue weighted by Crippen LogP contribution is 2.27. The van der Waals surface area contributed by atoms with Crippen molar-refractivity contribution in [3.63, 3.8) is 0 Å². The lowest BCUT2D eigenvalue weighted by Crippen LogP contribution is -2.25. The van der Waals surface area contributed by atoms with Crippen LogP contribution in [-0.4, -0.2) is 25.3 Å². The molecule has 2 atom stereocenters. The summed E-state index contributed by atoms with van der Waals surface area (Å²) in [6, 6.07) is 14.6. The number of hydrogen-bond acceptors (Lipinski definition) is 3. The lowest BCUT2D eigenvalue weighted by Gasteiger charge is -2.20. The van der Waals surface area contributed by atoms with Crippen LogP contribution < -0.4 is 0 Å². The largest absolute Gasteiger partial charge is 0.466 e. The van der Waals surface area contributed by atoms with Crippen LogP contribution in [0.4, 0.5) is 0 Å². The standard InChI is InChI=1S/C20H24O3/c1-2-22-20(21)17(14-18-10-6-12-23-18)13-16-9-5-8-15-7-3-4-11-19(15)16/h3-5,7-9,11,17-18H,2,6,10,12-14H2,1H3. The number of rotatable bonds is 6. The molecule has 2 unspecified atom stereocenters. The molecule has 3 rings (SSSR count). The van der Waals surface area contributed by atoms with Gasteiger partial charge in [-0.3, -0.25) is 4.79 Å². The Labute approximate surface area is 137 Å². The summed E-state index contributed by atoms with van der Waals surface area (Å²) in [5.41, 5.74) is 1.21. The molecule has 2 aromatic carbocycles. The number of esters is 1. The molecule has 0 amide bonds. The predicted octanol–water partition coefficient (Wildman–Crippen LogP) is 4.13. The predicted molar refractivity (Wildman–Crippen MR) is 91.4 cm³/mol. The second-order valence-corrected chi connectivity index (χ2v) is 6.16. The fraction of sp³-hybridized carbons (Fsp3) is 0.450. The molecule has 23 heavy (non-hydrogen) atoms. The zero-order chi connectivity index (χ0) is 16.1. The van der Waals surface area contributed by atoms with Crippen molar-refractivity contribution in [2.45, 2.75) is 38.7 Å². The minimum absolute atomic E-state index is 0.101. The average molecular weight is 312 g/mol. The van der Waals surface area contributed by atoms with E-state index in [1.165, 1.54) is 16.3 Å². The van der Waals surface area contributed by atoms with Gasteiger partial charge in [-0.2, -0.15) is 0 Å². The van der Waals surface area contributed by atoms with E-state index in [1.54, 1.807) is 0 Å². The number of hydrogen-bond donors (Lipinski definition) is 0. The lowest BCUT2D eigenvalue weighted by atomic mass is 9.90. The SMILES string of the molecule is CCOC(=O)C(Cc1cccc2ccccc12)CC1CCCO1. The van der Waals surface area contributed by atoms with E-state index in [1.807, 2.05) is 19.1 Å². The molecule has 1 aliphatic rings. The fourth-order valence-electron chi connectivity index (χ4n) is 3.41. The summed E-state index contributed by atoms with van der Waals surface area (Å²) in [6.45, 7) is 3.10. The maximum absolute atomic E-state index is 12.4. The minimum atomic E-state index is -0.135. The van der Waals surface area contributed by atoms with Crippen LogP contribution in [0.1, 0.15) is 31.7 Å². The molecule has 2 aromatic rings. The van der Waals surface area contributed by atoms with Crippen LogP contribution in [0.25, 0.3) is 10.8 Å². The van der Waals surface area contributed by atoms with E-state index in [0.29, 0.717) is 13.0 Å². The molecule has 0 bridgehead atoms. The molecule has 1 saturated heterocycles. The first kappa shape index (κ1) is 16.0. The zero-order valence-corrected chi connectivity index (χ0v) is 13.7. The van der Waals surface area contributed by atoms with Gasteiger partial charge in [-0.25, -0.2) is 0 Å². The van der Waals surface area contributed by atoms with E-state index in [4.69, 9.17) is 9.47 Å². The van der Waals surface area contributed by atoms with E-state index in [-0.39, 0.29) is 18.0 Å². The Morgan fingerprint density at radius 1 is 1.26 bits per heavy atom. The molecule has 0 saturated carbocycles. The normalized spacial score (nSPS) is 18.9. The van der Waals surface area contributed by atoms with Crippen molar-refractivity contribution in [1.82, 2.24) is 0 Å². The highest BCUT2D eigenvalue weighted by atomic mass is 16.5. The highest BCUT2D eigenvalue weighted by molar-refractivity contribution is 5.86. The van der Waals surface area contributed by atoms with E-state index in [9.17, 15) is 4.79 Å². The van der Waals surface area contributed by atoms with Gasteiger partial charge in [0, 0.05) is 6.61 Å². The third-order valence-corrected chi connectivity index (χ3v) is 4.54. The van der Waals surface area contributed by atoms with Crippen molar-refractivity contribution in [2.75, 3.05) is 13.2 Å². The first-order valence-electron chi connectivity index (χ1n) is 8.52. The highest BCUT2D eigenvalue weighted by Gasteiger charge is 2.27. The molecule has 1 fully saturated rings. The summed E-state index contributed by atoms with van der Waals surface area (Å²) in [4.78, 5) is 12.4. The zero-order valence-electron chi connectivity index (χ0n) is 13.7. The molecule has 0 N–H and O–H groups in total. The minimum Gasteiger partial charge on any atom is -0.466 e. The van der Waals surface area contributed by atoms with Gasteiger partial charge < -0.3 is 9.47 Å². The van der Waals surface area contributed by atoms with Gasteiger partial charge in [0.05, 0.1) is 18.6 Å². The van der Waals surface area contributed by atoms with E-state index in [0.717, 1.165) is 25.9 Å². The number of benzene rings is 2.